The van der Waals surface area contributed by atoms with Crippen molar-refractivity contribution in [2.24, 2.45) is 0 Å². The van der Waals surface area contributed by atoms with Crippen LogP contribution >= 0.6 is 0 Å². The number of hydrogen-bond acceptors (Lipinski definition) is 7. The van der Waals surface area contributed by atoms with Gasteiger partial charge in [-0.1, -0.05) is 30.3 Å². The van der Waals surface area contributed by atoms with Crippen LogP contribution in [0.2, 0.25) is 0 Å². The van der Waals surface area contributed by atoms with Gasteiger partial charge in [-0.15, -0.1) is 0 Å². The molecule has 1 aliphatic rings. The van der Waals surface area contributed by atoms with E-state index >= 15 is 0 Å². The summed E-state index contributed by atoms with van der Waals surface area (Å²) in [7, 11) is 3.35. The molecule has 0 amide bonds. The second-order valence-electron chi connectivity index (χ2n) is 9.88. The van der Waals surface area contributed by atoms with Gasteiger partial charge in [-0.05, 0) is 24.1 Å². The zero-order valence-electron chi connectivity index (χ0n) is 22.0. The number of aromatic nitrogens is 5. The summed E-state index contributed by atoms with van der Waals surface area (Å²) in [4.78, 5) is 26.5. The summed E-state index contributed by atoms with van der Waals surface area (Å²) >= 11 is 0. The lowest BCUT2D eigenvalue weighted by atomic mass is 10.1. The van der Waals surface area contributed by atoms with E-state index < -0.39 is 5.97 Å². The molecule has 0 bridgehead atoms. The molecule has 39 heavy (non-hydrogen) atoms. The number of ether oxygens (including phenoxy) is 1. The Bertz CT molecular complexity index is 1630. The van der Waals surface area contributed by atoms with Crippen molar-refractivity contribution in [2.45, 2.75) is 19.0 Å². The first-order valence-corrected chi connectivity index (χ1v) is 13.0. The number of anilines is 1. The molecule has 1 aliphatic heterocycles. The van der Waals surface area contributed by atoms with Gasteiger partial charge in [0.2, 0.25) is 0 Å². The van der Waals surface area contributed by atoms with Crippen molar-refractivity contribution in [1.82, 2.24) is 29.0 Å². The van der Waals surface area contributed by atoms with Crippen LogP contribution in [0, 0.1) is 0 Å². The number of likely N-dealkylation sites (tertiary alicyclic amines) is 1. The van der Waals surface area contributed by atoms with Gasteiger partial charge in [-0.25, -0.2) is 19.2 Å². The number of fused-ring (bicyclic) bond motifs is 2. The number of halogens is 1. The van der Waals surface area contributed by atoms with E-state index in [4.69, 9.17) is 14.7 Å². The van der Waals surface area contributed by atoms with Crippen molar-refractivity contribution in [2.75, 3.05) is 45.4 Å². The van der Waals surface area contributed by atoms with Gasteiger partial charge in [-0.3, -0.25) is 4.90 Å². The number of carbonyl (C=O) groups is 1. The van der Waals surface area contributed by atoms with Crippen LogP contribution in [-0.2, 0) is 11.3 Å². The quantitative estimate of drug-likeness (QED) is 0.277. The number of benzene rings is 1. The summed E-state index contributed by atoms with van der Waals surface area (Å²) in [5.74, 6) is 0.295. The summed E-state index contributed by atoms with van der Waals surface area (Å²) in [5.41, 5.74) is 4.35. The second-order valence-corrected chi connectivity index (χ2v) is 9.88. The molecular formula is C29H30FN7O2. The number of alkyl halides is 1. The lowest BCUT2D eigenvalue weighted by Gasteiger charge is -2.21. The third kappa shape index (κ3) is 4.61. The van der Waals surface area contributed by atoms with Crippen LogP contribution in [0.15, 0.2) is 67.1 Å². The minimum Gasteiger partial charge on any atom is -0.465 e. The van der Waals surface area contributed by atoms with Crippen molar-refractivity contribution < 1.29 is 13.9 Å². The molecule has 1 atom stereocenters. The fourth-order valence-corrected chi connectivity index (χ4v) is 5.48. The lowest BCUT2D eigenvalue weighted by Crippen LogP contribution is -2.23. The van der Waals surface area contributed by atoms with E-state index in [9.17, 15) is 9.18 Å². The molecule has 9 nitrogen and oxygen atoms in total. The summed E-state index contributed by atoms with van der Waals surface area (Å²) < 4.78 is 21.9. The summed E-state index contributed by atoms with van der Waals surface area (Å²) in [6, 6.07) is 16.3. The number of esters is 1. The summed E-state index contributed by atoms with van der Waals surface area (Å²) in [6.07, 6.45) is 6.31. The molecule has 1 aromatic carbocycles. The third-order valence-corrected chi connectivity index (χ3v) is 7.42. The fraction of sp³-hybridized carbons (Fsp3) is 0.310. The third-order valence-electron chi connectivity index (χ3n) is 7.42. The van der Waals surface area contributed by atoms with Gasteiger partial charge in [0.15, 0.2) is 5.65 Å². The number of pyridine rings is 1. The maximum absolute atomic E-state index is 13.0. The Morgan fingerprint density at radius 1 is 1.18 bits per heavy atom. The molecule has 5 aromatic rings. The molecule has 4 aromatic heterocycles. The smallest absolute Gasteiger partial charge is 0.343 e. The van der Waals surface area contributed by atoms with Gasteiger partial charge in [-0.2, -0.15) is 9.61 Å². The topological polar surface area (TPSA) is 80.8 Å². The van der Waals surface area contributed by atoms with Crippen LogP contribution in [-0.4, -0.2) is 75.5 Å². The largest absolute Gasteiger partial charge is 0.465 e. The van der Waals surface area contributed by atoms with Crippen LogP contribution in [0.5, 0.6) is 0 Å². The standard InChI is InChI=1S/C29H30FN7O2/c1-34(17-20-7-4-3-5-8-20)26-15-25(33-28-23(29(38)39-2)16-32-37(26)28)24-19-36(27-22(24)9-6-12-31-27)21-10-13-35(18-21)14-11-30/h3-9,12,15-16,19,21H,10-11,13-14,17-18H2,1-2H3/t21-/m1/s1. The minimum atomic E-state index is -0.491. The van der Waals surface area contributed by atoms with Gasteiger partial charge in [0, 0.05) is 68.7 Å². The van der Waals surface area contributed by atoms with Gasteiger partial charge >= 0.3 is 5.97 Å². The zero-order chi connectivity index (χ0) is 26.9. The van der Waals surface area contributed by atoms with Crippen molar-refractivity contribution in [3.8, 4) is 11.3 Å². The molecule has 0 aliphatic carbocycles. The summed E-state index contributed by atoms with van der Waals surface area (Å²) in [6.45, 7) is 2.37. The molecule has 200 valence electrons. The fourth-order valence-electron chi connectivity index (χ4n) is 5.48. The van der Waals surface area contributed by atoms with E-state index in [1.807, 2.05) is 43.4 Å². The number of methoxy groups -OCH3 is 1. The average Bonchev–Trinajstić information content (AvgIpc) is 3.70. The highest BCUT2D eigenvalue weighted by molar-refractivity contribution is 5.98. The molecule has 1 saturated heterocycles. The molecule has 1 fully saturated rings. The molecule has 6 rings (SSSR count). The Hall–Kier alpha value is -4.31. The maximum atomic E-state index is 13.0. The second kappa shape index (κ2) is 10.5. The Labute approximate surface area is 225 Å². The monoisotopic (exact) mass is 527 g/mol. The molecule has 0 radical (unpaired) electrons. The number of nitrogens with zero attached hydrogens (tertiary/aromatic N) is 7. The number of hydrogen-bond donors (Lipinski definition) is 0. The average molecular weight is 528 g/mol. The highest BCUT2D eigenvalue weighted by Crippen LogP contribution is 2.35. The Balaban J connectivity index is 1.49. The van der Waals surface area contributed by atoms with Crippen LogP contribution < -0.4 is 4.90 Å². The highest BCUT2D eigenvalue weighted by atomic mass is 19.1. The highest BCUT2D eigenvalue weighted by Gasteiger charge is 2.27. The maximum Gasteiger partial charge on any atom is 0.343 e. The van der Waals surface area contributed by atoms with Gasteiger partial charge in [0.1, 0.15) is 23.7 Å². The number of carbonyl (C=O) groups excluding carboxylic acids is 1. The Morgan fingerprint density at radius 2 is 2.03 bits per heavy atom. The predicted molar refractivity (Wildman–Crippen MR) is 148 cm³/mol. The lowest BCUT2D eigenvalue weighted by molar-refractivity contribution is 0.0602. The summed E-state index contributed by atoms with van der Waals surface area (Å²) in [5, 5.41) is 5.47. The predicted octanol–water partition coefficient (Wildman–Crippen LogP) is 4.39. The molecule has 0 saturated carbocycles. The van der Waals surface area contributed by atoms with E-state index in [-0.39, 0.29) is 12.7 Å². The van der Waals surface area contributed by atoms with Gasteiger partial charge in [0.05, 0.1) is 19.0 Å². The van der Waals surface area contributed by atoms with E-state index in [1.54, 1.807) is 10.7 Å². The molecule has 0 N–H and O–H groups in total. The Kier molecular flexibility index (Phi) is 6.70. The molecule has 10 heteroatoms. The molecule has 0 spiro atoms. The van der Waals surface area contributed by atoms with Crippen LogP contribution in [0.1, 0.15) is 28.4 Å². The molecular weight excluding hydrogens is 497 g/mol. The minimum absolute atomic E-state index is 0.187. The van der Waals surface area contributed by atoms with E-state index in [2.05, 4.69) is 37.8 Å². The number of rotatable bonds is 8. The van der Waals surface area contributed by atoms with Crippen molar-refractivity contribution in [3.05, 3.63) is 78.2 Å². The van der Waals surface area contributed by atoms with E-state index in [1.165, 1.54) is 13.3 Å². The SMILES string of the molecule is COC(=O)c1cnn2c(N(C)Cc3ccccc3)cc(-c3cn([C@@H]4CCN(CCF)C4)c4ncccc34)nc12. The van der Waals surface area contributed by atoms with Crippen LogP contribution in [0.25, 0.3) is 27.9 Å². The van der Waals surface area contributed by atoms with Gasteiger partial charge < -0.3 is 14.2 Å². The first kappa shape index (κ1) is 25.0. The van der Waals surface area contributed by atoms with Crippen molar-refractivity contribution >= 4 is 28.5 Å². The van der Waals surface area contributed by atoms with Crippen molar-refractivity contribution in [1.29, 1.82) is 0 Å². The normalized spacial score (nSPS) is 15.8. The van der Waals surface area contributed by atoms with Crippen LogP contribution in [0.3, 0.4) is 0 Å². The van der Waals surface area contributed by atoms with E-state index in [0.29, 0.717) is 30.0 Å². The first-order valence-electron chi connectivity index (χ1n) is 13.0. The van der Waals surface area contributed by atoms with Crippen LogP contribution in [0.4, 0.5) is 10.2 Å². The van der Waals surface area contributed by atoms with Crippen molar-refractivity contribution in [3.63, 3.8) is 0 Å². The van der Waals surface area contributed by atoms with Gasteiger partial charge in [0.25, 0.3) is 0 Å². The first-order chi connectivity index (χ1) is 19.1. The molecule has 0 unspecified atom stereocenters. The zero-order valence-corrected chi connectivity index (χ0v) is 22.0. The molecule has 5 heterocycles. The Morgan fingerprint density at radius 3 is 2.82 bits per heavy atom. The van der Waals surface area contributed by atoms with E-state index in [0.717, 1.165) is 47.5 Å².